The molecule has 8 nitrogen and oxygen atoms in total. The molecule has 0 aliphatic carbocycles. The largest absolute Gasteiger partial charge is 0.462 e. The third-order valence-electron chi connectivity index (χ3n) is 3.84. The van der Waals surface area contributed by atoms with Crippen LogP contribution in [0.3, 0.4) is 0 Å². The minimum Gasteiger partial charge on any atom is -0.462 e. The van der Waals surface area contributed by atoms with Gasteiger partial charge in [-0.1, -0.05) is 35.5 Å². The van der Waals surface area contributed by atoms with Gasteiger partial charge in [-0.25, -0.2) is 14.8 Å². The van der Waals surface area contributed by atoms with Crippen LogP contribution in [-0.2, 0) is 4.74 Å². The zero-order valence-corrected chi connectivity index (χ0v) is 16.6. The molecule has 2 aromatic carbocycles. The van der Waals surface area contributed by atoms with E-state index in [4.69, 9.17) is 4.74 Å². The van der Waals surface area contributed by atoms with Crippen LogP contribution in [0.2, 0.25) is 0 Å². The molecule has 0 atom stereocenters. The summed E-state index contributed by atoms with van der Waals surface area (Å²) >= 11 is 1.18. The molecule has 0 aliphatic heterocycles. The number of anilines is 2. The number of nitrogens with one attached hydrogen (secondary N) is 1. The van der Waals surface area contributed by atoms with Gasteiger partial charge in [0, 0.05) is 10.6 Å². The van der Waals surface area contributed by atoms with Crippen molar-refractivity contribution in [3.8, 4) is 0 Å². The molecule has 148 valence electrons. The van der Waals surface area contributed by atoms with E-state index < -0.39 is 10.9 Å². The molecule has 0 unspecified atom stereocenters. The lowest BCUT2D eigenvalue weighted by atomic mass is 10.2. The average molecular weight is 410 g/mol. The average Bonchev–Trinajstić information content (AvgIpc) is 2.70. The number of nitrogens with zero attached hydrogens (tertiary/aromatic N) is 3. The number of hydrogen-bond acceptors (Lipinski definition) is 8. The van der Waals surface area contributed by atoms with Gasteiger partial charge < -0.3 is 10.1 Å². The maximum Gasteiger partial charge on any atom is 0.343 e. The van der Waals surface area contributed by atoms with Crippen molar-refractivity contribution in [2.75, 3.05) is 11.9 Å². The van der Waals surface area contributed by atoms with Gasteiger partial charge in [-0.05, 0) is 44.2 Å². The zero-order valence-electron chi connectivity index (χ0n) is 15.8. The quantitative estimate of drug-likeness (QED) is 0.257. The van der Waals surface area contributed by atoms with Crippen molar-refractivity contribution < 1.29 is 14.5 Å². The summed E-state index contributed by atoms with van der Waals surface area (Å²) < 4.78 is 4.99. The maximum absolute atomic E-state index is 11.9. The highest BCUT2D eigenvalue weighted by Crippen LogP contribution is 2.37. The molecule has 1 N–H and O–H groups in total. The van der Waals surface area contributed by atoms with Crippen molar-refractivity contribution in [1.29, 1.82) is 0 Å². The molecule has 29 heavy (non-hydrogen) atoms. The lowest BCUT2D eigenvalue weighted by Crippen LogP contribution is -2.06. The predicted octanol–water partition coefficient (Wildman–Crippen LogP) is 4.76. The first-order valence-corrected chi connectivity index (χ1v) is 9.57. The van der Waals surface area contributed by atoms with Crippen LogP contribution in [0, 0.1) is 17.0 Å². The topological polar surface area (TPSA) is 107 Å². The van der Waals surface area contributed by atoms with Crippen molar-refractivity contribution in [3.63, 3.8) is 0 Å². The lowest BCUT2D eigenvalue weighted by Gasteiger charge is -2.09. The summed E-state index contributed by atoms with van der Waals surface area (Å²) in [5.41, 5.74) is 1.67. The second-order valence-corrected chi connectivity index (χ2v) is 7.04. The molecule has 0 bridgehead atoms. The SMILES string of the molecule is CCOC(=O)c1cccc(Nc2ncnc(Sc3ccc(C)cc3)c2[N+](=O)[O-])c1. The number of carbonyl (C=O) groups excluding carboxylic acids is 1. The van der Waals surface area contributed by atoms with E-state index in [9.17, 15) is 14.9 Å². The van der Waals surface area contributed by atoms with E-state index in [1.165, 1.54) is 18.1 Å². The smallest absolute Gasteiger partial charge is 0.343 e. The molecule has 1 heterocycles. The zero-order chi connectivity index (χ0) is 20.8. The molecule has 3 aromatic rings. The third kappa shape index (κ3) is 5.08. The van der Waals surface area contributed by atoms with Gasteiger partial charge in [-0.15, -0.1) is 0 Å². The Labute approximate surface area is 171 Å². The summed E-state index contributed by atoms with van der Waals surface area (Å²) in [6.07, 6.45) is 1.26. The molecular formula is C20H18N4O4S. The second-order valence-electron chi connectivity index (χ2n) is 5.97. The van der Waals surface area contributed by atoms with Gasteiger partial charge in [-0.2, -0.15) is 0 Å². The highest BCUT2D eigenvalue weighted by molar-refractivity contribution is 7.99. The number of nitro groups is 1. The van der Waals surface area contributed by atoms with Crippen molar-refractivity contribution in [2.24, 2.45) is 0 Å². The Morgan fingerprint density at radius 2 is 1.97 bits per heavy atom. The van der Waals surface area contributed by atoms with Crippen molar-refractivity contribution in [2.45, 2.75) is 23.8 Å². The number of aryl methyl sites for hydroxylation is 1. The minimum absolute atomic E-state index is 0.0422. The molecule has 0 fully saturated rings. The number of hydrogen-bond donors (Lipinski definition) is 1. The van der Waals surface area contributed by atoms with Gasteiger partial charge in [0.25, 0.3) is 0 Å². The summed E-state index contributed by atoms with van der Waals surface area (Å²) in [4.78, 5) is 32.1. The van der Waals surface area contributed by atoms with Gasteiger partial charge in [0.1, 0.15) is 6.33 Å². The first-order valence-electron chi connectivity index (χ1n) is 8.76. The van der Waals surface area contributed by atoms with Crippen molar-refractivity contribution >= 4 is 34.9 Å². The molecule has 0 saturated carbocycles. The molecule has 0 aliphatic rings. The first kappa shape index (κ1) is 20.3. The van der Waals surface area contributed by atoms with Gasteiger partial charge in [0.2, 0.25) is 5.82 Å². The summed E-state index contributed by atoms with van der Waals surface area (Å²) in [7, 11) is 0. The molecule has 0 spiro atoms. The summed E-state index contributed by atoms with van der Waals surface area (Å²) in [5, 5.41) is 14.9. The molecule has 0 radical (unpaired) electrons. The van der Waals surface area contributed by atoms with E-state index in [0.717, 1.165) is 10.5 Å². The van der Waals surface area contributed by atoms with Crippen LogP contribution < -0.4 is 5.32 Å². The number of aromatic nitrogens is 2. The second kappa shape index (κ2) is 9.16. The van der Waals surface area contributed by atoms with Gasteiger partial charge in [-0.3, -0.25) is 10.1 Å². The lowest BCUT2D eigenvalue weighted by molar-refractivity contribution is -0.387. The molecule has 3 rings (SSSR count). The number of carbonyl (C=O) groups is 1. The Bertz CT molecular complexity index is 1040. The fraction of sp³-hybridized carbons (Fsp3) is 0.150. The Balaban J connectivity index is 1.92. The monoisotopic (exact) mass is 410 g/mol. The van der Waals surface area contributed by atoms with E-state index >= 15 is 0 Å². The Morgan fingerprint density at radius 1 is 1.21 bits per heavy atom. The van der Waals surface area contributed by atoms with E-state index in [0.29, 0.717) is 11.3 Å². The Kier molecular flexibility index (Phi) is 6.40. The fourth-order valence-corrected chi connectivity index (χ4v) is 3.35. The van der Waals surface area contributed by atoms with Gasteiger partial charge in [0.05, 0.1) is 17.1 Å². The molecule has 9 heteroatoms. The molecule has 0 amide bonds. The summed E-state index contributed by atoms with van der Waals surface area (Å²) in [5.74, 6) is -0.426. The number of rotatable bonds is 7. The van der Waals surface area contributed by atoms with E-state index in [2.05, 4.69) is 15.3 Å². The van der Waals surface area contributed by atoms with E-state index in [1.54, 1.807) is 31.2 Å². The van der Waals surface area contributed by atoms with E-state index in [1.807, 2.05) is 31.2 Å². The highest BCUT2D eigenvalue weighted by Gasteiger charge is 2.24. The highest BCUT2D eigenvalue weighted by atomic mass is 32.2. The third-order valence-corrected chi connectivity index (χ3v) is 4.84. The fourth-order valence-electron chi connectivity index (χ4n) is 2.49. The van der Waals surface area contributed by atoms with Gasteiger partial charge >= 0.3 is 11.7 Å². The van der Waals surface area contributed by atoms with Crippen LogP contribution in [0.4, 0.5) is 17.2 Å². The number of ether oxygens (including phenoxy) is 1. The van der Waals surface area contributed by atoms with Crippen LogP contribution in [0.1, 0.15) is 22.8 Å². The van der Waals surface area contributed by atoms with Crippen LogP contribution in [0.15, 0.2) is 64.8 Å². The normalized spacial score (nSPS) is 10.4. The molecular weight excluding hydrogens is 392 g/mol. The molecule has 0 saturated heterocycles. The Morgan fingerprint density at radius 3 is 2.66 bits per heavy atom. The number of benzene rings is 2. The van der Waals surface area contributed by atoms with Crippen LogP contribution >= 0.6 is 11.8 Å². The standard InChI is InChI=1S/C20H18N4O4S/c1-3-28-20(25)14-5-4-6-15(11-14)23-18-17(24(26)27)19(22-12-21-18)29-16-9-7-13(2)8-10-16/h4-12H,3H2,1-2H3,(H,21,22,23). The maximum atomic E-state index is 11.9. The molecule has 1 aromatic heterocycles. The first-order chi connectivity index (χ1) is 14.0. The van der Waals surface area contributed by atoms with Crippen molar-refractivity contribution in [1.82, 2.24) is 9.97 Å². The van der Waals surface area contributed by atoms with Crippen molar-refractivity contribution in [3.05, 3.63) is 76.1 Å². The number of esters is 1. The van der Waals surface area contributed by atoms with Gasteiger partial charge in [0.15, 0.2) is 5.03 Å². The summed E-state index contributed by atoms with van der Waals surface area (Å²) in [6, 6.07) is 14.1. The minimum atomic E-state index is -0.520. The van der Waals surface area contributed by atoms with Crippen LogP contribution in [0.5, 0.6) is 0 Å². The van der Waals surface area contributed by atoms with Crippen LogP contribution in [-0.4, -0.2) is 27.5 Å². The summed E-state index contributed by atoms with van der Waals surface area (Å²) in [6.45, 7) is 3.94. The predicted molar refractivity (Wildman–Crippen MR) is 110 cm³/mol. The van der Waals surface area contributed by atoms with E-state index in [-0.39, 0.29) is 23.1 Å². The Hall–Kier alpha value is -3.46. The van der Waals surface area contributed by atoms with Crippen LogP contribution in [0.25, 0.3) is 0 Å².